The van der Waals surface area contributed by atoms with Crippen molar-refractivity contribution < 1.29 is 14.7 Å². The molecule has 1 amide bonds. The predicted molar refractivity (Wildman–Crippen MR) is 77.5 cm³/mol. The third-order valence-corrected chi connectivity index (χ3v) is 3.98. The third-order valence-electron chi connectivity index (χ3n) is 2.75. The van der Waals surface area contributed by atoms with Gasteiger partial charge in [-0.2, -0.15) is 0 Å². The average Bonchev–Trinajstić information content (AvgIpc) is 2.37. The van der Waals surface area contributed by atoms with Gasteiger partial charge in [0.25, 0.3) is 5.91 Å². The van der Waals surface area contributed by atoms with Crippen molar-refractivity contribution >= 4 is 39.4 Å². The number of carboxylic acids is 1. The maximum Gasteiger partial charge on any atom is 0.308 e. The molecule has 1 atom stereocenters. The van der Waals surface area contributed by atoms with Gasteiger partial charge in [-0.1, -0.05) is 18.5 Å². The predicted octanol–water partition coefficient (Wildman–Crippen LogP) is 3.29. The topological polar surface area (TPSA) is 57.6 Å². The van der Waals surface area contributed by atoms with E-state index in [1.54, 1.807) is 25.1 Å². The molecule has 0 aliphatic carbocycles. The van der Waals surface area contributed by atoms with Gasteiger partial charge in [0.2, 0.25) is 0 Å². The number of aliphatic carboxylic acids is 1. The van der Waals surface area contributed by atoms with Gasteiger partial charge in [-0.3, -0.25) is 9.59 Å². The number of amides is 1. The Kier molecular flexibility index (Phi) is 5.82. The molecule has 0 saturated heterocycles. The van der Waals surface area contributed by atoms with Crippen LogP contribution in [0.5, 0.6) is 0 Å². The van der Waals surface area contributed by atoms with E-state index in [1.807, 2.05) is 6.92 Å². The Morgan fingerprint density at radius 1 is 1.47 bits per heavy atom. The van der Waals surface area contributed by atoms with Crippen LogP contribution in [0, 0.1) is 5.92 Å². The highest BCUT2D eigenvalue weighted by Crippen LogP contribution is 2.24. The fourth-order valence-corrected chi connectivity index (χ4v) is 2.00. The first kappa shape index (κ1) is 16.0. The second kappa shape index (κ2) is 6.91. The lowest BCUT2D eigenvalue weighted by Gasteiger charge is -2.23. The Balaban J connectivity index is 2.89. The zero-order valence-corrected chi connectivity index (χ0v) is 13.0. The molecule has 1 aromatic rings. The first-order valence-corrected chi connectivity index (χ1v) is 7.01. The van der Waals surface area contributed by atoms with Crippen LogP contribution in [0.15, 0.2) is 22.7 Å². The molecule has 0 spiro atoms. The van der Waals surface area contributed by atoms with Crippen molar-refractivity contribution in [3.8, 4) is 0 Å². The van der Waals surface area contributed by atoms with Crippen LogP contribution in [-0.2, 0) is 4.79 Å². The molecule has 0 aromatic heterocycles. The summed E-state index contributed by atoms with van der Waals surface area (Å²) >= 11 is 9.21. The van der Waals surface area contributed by atoms with E-state index < -0.39 is 11.9 Å². The second-order valence-electron chi connectivity index (χ2n) is 4.21. The molecular formula is C13H15BrClNO3. The lowest BCUT2D eigenvalue weighted by atomic mass is 10.1. The highest BCUT2D eigenvalue weighted by Gasteiger charge is 2.20. The molecule has 0 saturated carbocycles. The second-order valence-corrected chi connectivity index (χ2v) is 5.47. The molecule has 0 aliphatic heterocycles. The molecule has 4 nitrogen and oxygen atoms in total. The number of nitrogens with zero attached hydrogens (tertiary/aromatic N) is 1. The number of halogens is 2. The lowest BCUT2D eigenvalue weighted by molar-refractivity contribution is -0.141. The lowest BCUT2D eigenvalue weighted by Crippen LogP contribution is -2.36. The van der Waals surface area contributed by atoms with E-state index in [-0.39, 0.29) is 12.5 Å². The summed E-state index contributed by atoms with van der Waals surface area (Å²) in [7, 11) is 0. The molecule has 0 fully saturated rings. The SMILES string of the molecule is CCN(CC(C)C(=O)O)C(=O)c1ccc(Br)c(Cl)c1. The van der Waals surface area contributed by atoms with E-state index in [2.05, 4.69) is 15.9 Å². The molecule has 1 rings (SSSR count). The molecule has 19 heavy (non-hydrogen) atoms. The van der Waals surface area contributed by atoms with Gasteiger partial charge in [-0.25, -0.2) is 0 Å². The number of benzene rings is 1. The van der Waals surface area contributed by atoms with Crippen molar-refractivity contribution in [2.75, 3.05) is 13.1 Å². The Hall–Kier alpha value is -1.07. The van der Waals surface area contributed by atoms with Crippen LogP contribution in [0.2, 0.25) is 5.02 Å². The molecule has 6 heteroatoms. The zero-order valence-electron chi connectivity index (χ0n) is 10.7. The summed E-state index contributed by atoms with van der Waals surface area (Å²) in [5.74, 6) is -1.74. The molecular weight excluding hydrogens is 334 g/mol. The standard InChI is InChI=1S/C13H15BrClNO3/c1-3-16(7-8(2)13(18)19)12(17)9-4-5-10(14)11(15)6-9/h4-6,8H,3,7H2,1-2H3,(H,18,19). The van der Waals surface area contributed by atoms with Crippen molar-refractivity contribution in [2.45, 2.75) is 13.8 Å². The van der Waals surface area contributed by atoms with Gasteiger partial charge in [-0.05, 0) is 41.1 Å². The first-order valence-electron chi connectivity index (χ1n) is 5.84. The number of carbonyl (C=O) groups is 2. The zero-order chi connectivity index (χ0) is 14.6. The summed E-state index contributed by atoms with van der Waals surface area (Å²) in [6, 6.07) is 4.93. The van der Waals surface area contributed by atoms with Gasteiger partial charge in [-0.15, -0.1) is 0 Å². The monoisotopic (exact) mass is 347 g/mol. The normalized spacial score (nSPS) is 12.0. The Bertz CT molecular complexity index is 493. The van der Waals surface area contributed by atoms with Gasteiger partial charge in [0, 0.05) is 23.1 Å². The van der Waals surface area contributed by atoms with Crippen LogP contribution in [0.1, 0.15) is 24.2 Å². The number of hydrogen-bond acceptors (Lipinski definition) is 2. The quantitative estimate of drug-likeness (QED) is 0.888. The summed E-state index contributed by atoms with van der Waals surface area (Å²) in [5.41, 5.74) is 0.452. The fraction of sp³-hybridized carbons (Fsp3) is 0.385. The van der Waals surface area contributed by atoms with Crippen molar-refractivity contribution in [3.63, 3.8) is 0 Å². The van der Waals surface area contributed by atoms with E-state index in [0.29, 0.717) is 21.6 Å². The Morgan fingerprint density at radius 3 is 2.58 bits per heavy atom. The smallest absolute Gasteiger partial charge is 0.308 e. The maximum absolute atomic E-state index is 12.3. The number of carbonyl (C=O) groups excluding carboxylic acids is 1. The summed E-state index contributed by atoms with van der Waals surface area (Å²) in [4.78, 5) is 24.6. The highest BCUT2D eigenvalue weighted by atomic mass is 79.9. The van der Waals surface area contributed by atoms with Crippen molar-refractivity contribution in [3.05, 3.63) is 33.3 Å². The van der Waals surface area contributed by atoms with Crippen LogP contribution in [0.3, 0.4) is 0 Å². The molecule has 1 N–H and O–H groups in total. The van der Waals surface area contributed by atoms with Gasteiger partial charge >= 0.3 is 5.97 Å². The molecule has 0 aliphatic rings. The largest absolute Gasteiger partial charge is 0.481 e. The Morgan fingerprint density at radius 2 is 2.11 bits per heavy atom. The maximum atomic E-state index is 12.3. The van der Waals surface area contributed by atoms with Gasteiger partial charge in [0.15, 0.2) is 0 Å². The van der Waals surface area contributed by atoms with E-state index in [9.17, 15) is 9.59 Å². The molecule has 0 bridgehead atoms. The highest BCUT2D eigenvalue weighted by molar-refractivity contribution is 9.10. The summed E-state index contributed by atoms with van der Waals surface area (Å²) < 4.78 is 0.715. The van der Waals surface area contributed by atoms with E-state index in [1.165, 1.54) is 4.90 Å². The minimum absolute atomic E-state index is 0.179. The Labute approximate surface area is 125 Å². The third kappa shape index (κ3) is 4.21. The van der Waals surface area contributed by atoms with Crippen molar-refractivity contribution in [1.82, 2.24) is 4.90 Å². The number of carboxylic acid groups (broad SMARTS) is 1. The van der Waals surface area contributed by atoms with Crippen LogP contribution >= 0.6 is 27.5 Å². The van der Waals surface area contributed by atoms with Crippen LogP contribution in [0.4, 0.5) is 0 Å². The van der Waals surface area contributed by atoms with Crippen LogP contribution in [0.25, 0.3) is 0 Å². The summed E-state index contributed by atoms with van der Waals surface area (Å²) in [5, 5.41) is 9.35. The molecule has 1 unspecified atom stereocenters. The molecule has 104 valence electrons. The molecule has 0 heterocycles. The van der Waals surface area contributed by atoms with Crippen LogP contribution in [-0.4, -0.2) is 35.0 Å². The van der Waals surface area contributed by atoms with E-state index in [0.717, 1.165) is 0 Å². The van der Waals surface area contributed by atoms with E-state index in [4.69, 9.17) is 16.7 Å². The molecule has 1 aromatic carbocycles. The minimum atomic E-state index is -0.917. The first-order chi connectivity index (χ1) is 8.86. The van der Waals surface area contributed by atoms with Gasteiger partial charge in [0.1, 0.15) is 0 Å². The number of hydrogen-bond donors (Lipinski definition) is 1. The number of rotatable bonds is 5. The molecule has 0 radical (unpaired) electrons. The fourth-order valence-electron chi connectivity index (χ4n) is 1.58. The average molecular weight is 349 g/mol. The summed E-state index contributed by atoms with van der Waals surface area (Å²) in [6.07, 6.45) is 0. The van der Waals surface area contributed by atoms with Gasteiger partial charge in [0.05, 0.1) is 10.9 Å². The van der Waals surface area contributed by atoms with Gasteiger partial charge < -0.3 is 10.0 Å². The van der Waals surface area contributed by atoms with Crippen molar-refractivity contribution in [2.24, 2.45) is 5.92 Å². The summed E-state index contributed by atoms with van der Waals surface area (Å²) in [6.45, 7) is 4.02. The van der Waals surface area contributed by atoms with E-state index >= 15 is 0 Å². The minimum Gasteiger partial charge on any atom is -0.481 e. The van der Waals surface area contributed by atoms with Crippen molar-refractivity contribution in [1.29, 1.82) is 0 Å². The van der Waals surface area contributed by atoms with Crippen LogP contribution < -0.4 is 0 Å².